The lowest BCUT2D eigenvalue weighted by Gasteiger charge is -2.11. The van der Waals surface area contributed by atoms with Crippen LogP contribution in [0.15, 0.2) is 29.3 Å². The molecule has 0 saturated heterocycles. The van der Waals surface area contributed by atoms with E-state index in [1.807, 2.05) is 31.2 Å². The van der Waals surface area contributed by atoms with Crippen molar-refractivity contribution in [3.63, 3.8) is 0 Å². The third kappa shape index (κ3) is 12.2. The first-order chi connectivity index (χ1) is 13.2. The summed E-state index contributed by atoms with van der Waals surface area (Å²) in [5.74, 6) is 0.802. The Bertz CT molecular complexity index is 550. The topological polar surface area (TPSA) is 74.8 Å². The van der Waals surface area contributed by atoms with Gasteiger partial charge in [-0.1, -0.05) is 25.5 Å². The molecule has 160 valence electrons. The molecule has 0 fully saturated rings. The van der Waals surface area contributed by atoms with Gasteiger partial charge in [-0.15, -0.1) is 24.0 Å². The van der Waals surface area contributed by atoms with Gasteiger partial charge in [-0.3, -0.25) is 4.79 Å². The molecule has 6 nitrogen and oxygen atoms in total. The number of carbonyl (C=O) groups is 1. The number of hydrogen-bond donors (Lipinski definition) is 3. The highest BCUT2D eigenvalue weighted by Gasteiger charge is 2.04. The van der Waals surface area contributed by atoms with Gasteiger partial charge in [-0.25, -0.2) is 4.99 Å². The predicted octanol–water partition coefficient (Wildman–Crippen LogP) is 3.71. The Labute approximate surface area is 187 Å². The molecule has 0 bridgehead atoms. The van der Waals surface area contributed by atoms with Crippen molar-refractivity contribution in [2.24, 2.45) is 4.99 Å². The number of guanidine groups is 1. The number of amides is 1. The minimum atomic E-state index is -0.0134. The summed E-state index contributed by atoms with van der Waals surface area (Å²) in [4.78, 5) is 16.6. The van der Waals surface area contributed by atoms with Gasteiger partial charge in [0.15, 0.2) is 5.96 Å². The van der Waals surface area contributed by atoms with Crippen LogP contribution in [0.25, 0.3) is 0 Å². The molecule has 1 rings (SSSR count). The average Bonchev–Trinajstić information content (AvgIpc) is 2.69. The lowest BCUT2D eigenvalue weighted by molar-refractivity contribution is 0.0953. The molecule has 1 amide bonds. The van der Waals surface area contributed by atoms with E-state index in [1.165, 1.54) is 0 Å². The van der Waals surface area contributed by atoms with Gasteiger partial charge >= 0.3 is 0 Å². The van der Waals surface area contributed by atoms with Crippen molar-refractivity contribution in [3.8, 4) is 0 Å². The Morgan fingerprint density at radius 3 is 2.32 bits per heavy atom. The Hall–Kier alpha value is -1.35. The normalized spacial score (nSPS) is 10.9. The van der Waals surface area contributed by atoms with Gasteiger partial charge in [0.25, 0.3) is 5.91 Å². The molecular weight excluding hydrogens is 467 g/mol. The predicted molar refractivity (Wildman–Crippen MR) is 128 cm³/mol. The number of halogens is 1. The largest absolute Gasteiger partial charge is 0.382 e. The van der Waals surface area contributed by atoms with E-state index in [0.29, 0.717) is 12.1 Å². The van der Waals surface area contributed by atoms with Gasteiger partial charge in [0.1, 0.15) is 0 Å². The second kappa shape index (κ2) is 17.7. The van der Waals surface area contributed by atoms with E-state index in [2.05, 4.69) is 34.8 Å². The van der Waals surface area contributed by atoms with E-state index in [1.54, 1.807) is 0 Å². The molecule has 7 heteroatoms. The van der Waals surface area contributed by atoms with Crippen LogP contribution in [0.1, 0.15) is 62.4 Å². The minimum Gasteiger partial charge on any atom is -0.382 e. The lowest BCUT2D eigenvalue weighted by atomic mass is 10.1. The molecule has 0 heterocycles. The summed E-state index contributed by atoms with van der Waals surface area (Å²) in [6.07, 6.45) is 4.17. The van der Waals surface area contributed by atoms with Gasteiger partial charge in [-0.2, -0.15) is 0 Å². The quantitative estimate of drug-likeness (QED) is 0.166. The maximum atomic E-state index is 12.0. The zero-order valence-electron chi connectivity index (χ0n) is 17.6. The summed E-state index contributed by atoms with van der Waals surface area (Å²) in [6, 6.07) is 7.65. The molecule has 0 aliphatic carbocycles. The van der Waals surface area contributed by atoms with E-state index >= 15 is 0 Å². The molecule has 1 aromatic rings. The van der Waals surface area contributed by atoms with Crippen molar-refractivity contribution < 1.29 is 9.53 Å². The van der Waals surface area contributed by atoms with Crippen molar-refractivity contribution in [1.29, 1.82) is 0 Å². The maximum absolute atomic E-state index is 12.0. The fourth-order valence-corrected chi connectivity index (χ4v) is 2.43. The fraction of sp³-hybridized carbons (Fsp3) is 0.619. The molecule has 0 saturated carbocycles. The number of aliphatic imine (C=N–C) groups is 1. The van der Waals surface area contributed by atoms with Gasteiger partial charge in [0.05, 0.1) is 6.54 Å². The van der Waals surface area contributed by atoms with Gasteiger partial charge in [0, 0.05) is 38.4 Å². The van der Waals surface area contributed by atoms with Gasteiger partial charge in [-0.05, 0) is 50.8 Å². The van der Waals surface area contributed by atoms with Crippen LogP contribution in [0, 0.1) is 0 Å². The number of rotatable bonds is 13. The molecule has 28 heavy (non-hydrogen) atoms. The van der Waals surface area contributed by atoms with Gasteiger partial charge < -0.3 is 20.7 Å². The number of benzene rings is 1. The number of nitrogens with zero attached hydrogens (tertiary/aromatic N) is 1. The first-order valence-corrected chi connectivity index (χ1v) is 10.2. The highest BCUT2D eigenvalue weighted by Crippen LogP contribution is 2.06. The van der Waals surface area contributed by atoms with Crippen molar-refractivity contribution in [2.75, 3.05) is 32.8 Å². The number of carbonyl (C=O) groups excluding carboxylic acids is 1. The SMILES string of the molecule is CCCCNC(=O)c1ccc(CN=C(NCC)NCCCCOCC)cc1.I. The summed E-state index contributed by atoms with van der Waals surface area (Å²) in [7, 11) is 0. The monoisotopic (exact) mass is 504 g/mol. The Morgan fingerprint density at radius 1 is 0.964 bits per heavy atom. The molecular formula is C21H37IN4O2. The van der Waals surface area contributed by atoms with Crippen molar-refractivity contribution in [1.82, 2.24) is 16.0 Å². The first kappa shape index (κ1) is 26.6. The van der Waals surface area contributed by atoms with Crippen LogP contribution in [0.2, 0.25) is 0 Å². The Balaban J connectivity index is 0.00000729. The molecule has 0 spiro atoms. The highest BCUT2D eigenvalue weighted by molar-refractivity contribution is 14.0. The summed E-state index contributed by atoms with van der Waals surface area (Å²) >= 11 is 0. The first-order valence-electron chi connectivity index (χ1n) is 10.2. The van der Waals surface area contributed by atoms with Crippen LogP contribution >= 0.6 is 24.0 Å². The smallest absolute Gasteiger partial charge is 0.251 e. The van der Waals surface area contributed by atoms with Crippen molar-refractivity contribution in [3.05, 3.63) is 35.4 Å². The molecule has 3 N–H and O–H groups in total. The maximum Gasteiger partial charge on any atom is 0.251 e. The molecule has 0 unspecified atom stereocenters. The number of nitrogens with one attached hydrogen (secondary N) is 3. The average molecular weight is 504 g/mol. The lowest BCUT2D eigenvalue weighted by Crippen LogP contribution is -2.37. The summed E-state index contributed by atoms with van der Waals surface area (Å²) in [6.45, 7) is 10.8. The zero-order chi connectivity index (χ0) is 19.7. The van der Waals surface area contributed by atoms with Crippen molar-refractivity contribution >= 4 is 35.8 Å². The summed E-state index contributed by atoms with van der Waals surface area (Å²) in [5.41, 5.74) is 1.77. The standard InChI is InChI=1S/C21H36N4O2.HI/c1-4-7-14-23-20(26)19-12-10-18(11-13-19)17-25-21(22-5-2)24-15-8-9-16-27-6-3;/h10-13H,4-9,14-17H2,1-3H3,(H,23,26)(H2,22,24,25);1H. The van der Waals surface area contributed by atoms with E-state index in [4.69, 9.17) is 4.74 Å². The molecule has 0 atom stereocenters. The second-order valence-electron chi connectivity index (χ2n) is 6.33. The third-order valence-electron chi connectivity index (χ3n) is 4.01. The van der Waals surface area contributed by atoms with Crippen LogP contribution in [0.4, 0.5) is 0 Å². The molecule has 0 aliphatic heterocycles. The van der Waals surface area contributed by atoms with Gasteiger partial charge in [0.2, 0.25) is 0 Å². The highest BCUT2D eigenvalue weighted by atomic mass is 127. The molecule has 0 aromatic heterocycles. The number of hydrogen-bond acceptors (Lipinski definition) is 3. The van der Waals surface area contributed by atoms with Crippen LogP contribution in [-0.4, -0.2) is 44.7 Å². The fourth-order valence-electron chi connectivity index (χ4n) is 2.43. The number of ether oxygens (including phenoxy) is 1. The van der Waals surface area contributed by atoms with E-state index in [-0.39, 0.29) is 29.9 Å². The second-order valence-corrected chi connectivity index (χ2v) is 6.33. The Kier molecular flexibility index (Phi) is 16.9. The number of unbranched alkanes of at least 4 members (excludes halogenated alkanes) is 2. The summed E-state index contributed by atoms with van der Waals surface area (Å²) in [5, 5.41) is 9.53. The van der Waals surface area contributed by atoms with E-state index in [0.717, 1.165) is 70.1 Å². The van der Waals surface area contributed by atoms with Crippen molar-refractivity contribution in [2.45, 2.75) is 53.0 Å². The molecule has 1 aromatic carbocycles. The zero-order valence-corrected chi connectivity index (χ0v) is 19.9. The van der Waals surface area contributed by atoms with E-state index in [9.17, 15) is 4.79 Å². The van der Waals surface area contributed by atoms with Crippen LogP contribution in [-0.2, 0) is 11.3 Å². The Morgan fingerprint density at radius 2 is 1.68 bits per heavy atom. The van der Waals surface area contributed by atoms with Crippen LogP contribution in [0.3, 0.4) is 0 Å². The van der Waals surface area contributed by atoms with E-state index < -0.39 is 0 Å². The molecule has 0 aliphatic rings. The minimum absolute atomic E-state index is 0. The molecule has 0 radical (unpaired) electrons. The van der Waals surface area contributed by atoms with Crippen LogP contribution in [0.5, 0.6) is 0 Å². The third-order valence-corrected chi connectivity index (χ3v) is 4.01. The van der Waals surface area contributed by atoms with Crippen LogP contribution < -0.4 is 16.0 Å². The summed E-state index contributed by atoms with van der Waals surface area (Å²) < 4.78 is 5.35.